The summed E-state index contributed by atoms with van der Waals surface area (Å²) in [4.78, 5) is 4.08. The predicted octanol–water partition coefficient (Wildman–Crippen LogP) is 4.55. The Balaban J connectivity index is 2.12. The van der Waals surface area contributed by atoms with Gasteiger partial charge in [0.15, 0.2) is 0 Å². The molecular weight excluding hydrogens is 282 g/mol. The molecule has 1 aliphatic rings. The van der Waals surface area contributed by atoms with E-state index < -0.39 is 5.60 Å². The molecule has 0 spiro atoms. The van der Waals surface area contributed by atoms with Gasteiger partial charge in [0.05, 0.1) is 0 Å². The predicted molar refractivity (Wildman–Crippen MR) is 85.3 cm³/mol. The summed E-state index contributed by atoms with van der Waals surface area (Å²) in [7, 11) is 0. The topological polar surface area (TPSA) is 33.1 Å². The van der Waals surface area contributed by atoms with Gasteiger partial charge < -0.3 is 5.11 Å². The van der Waals surface area contributed by atoms with E-state index in [4.69, 9.17) is 11.6 Å². The molecule has 3 rings (SSSR count). The second-order valence-electron chi connectivity index (χ2n) is 5.82. The molecule has 3 heteroatoms. The first-order valence-electron chi connectivity index (χ1n) is 7.61. The number of hydrogen-bond acceptors (Lipinski definition) is 2. The standard InChI is InChI=1S/C18H20ClNO/c19-17-9-5-4-8-16(17)18(21,14-6-2-1-3-7-14)15-10-12-20-13-11-15/h4-5,8-14,21H,1-3,6-7H2. The maximum absolute atomic E-state index is 11.6. The lowest BCUT2D eigenvalue weighted by Crippen LogP contribution is -2.38. The van der Waals surface area contributed by atoms with Gasteiger partial charge in [-0.2, -0.15) is 0 Å². The van der Waals surface area contributed by atoms with Gasteiger partial charge >= 0.3 is 0 Å². The molecule has 1 aromatic carbocycles. The largest absolute Gasteiger partial charge is 0.380 e. The fourth-order valence-electron chi connectivity index (χ4n) is 3.51. The van der Waals surface area contributed by atoms with Crippen molar-refractivity contribution in [1.82, 2.24) is 4.98 Å². The SMILES string of the molecule is OC(c1ccncc1)(c1ccccc1Cl)C1CCCCC1. The molecule has 2 aromatic rings. The highest BCUT2D eigenvalue weighted by Crippen LogP contribution is 2.45. The van der Waals surface area contributed by atoms with E-state index in [0.29, 0.717) is 5.02 Å². The second-order valence-corrected chi connectivity index (χ2v) is 6.22. The second kappa shape index (κ2) is 6.17. The summed E-state index contributed by atoms with van der Waals surface area (Å²) in [5.41, 5.74) is 0.670. The number of aromatic nitrogens is 1. The minimum Gasteiger partial charge on any atom is -0.380 e. The van der Waals surface area contributed by atoms with Crippen LogP contribution in [0.4, 0.5) is 0 Å². The summed E-state index contributed by atoms with van der Waals surface area (Å²) in [5, 5.41) is 12.3. The zero-order valence-corrected chi connectivity index (χ0v) is 12.8. The molecule has 1 aliphatic carbocycles. The van der Waals surface area contributed by atoms with Crippen molar-refractivity contribution in [3.63, 3.8) is 0 Å². The minimum absolute atomic E-state index is 0.202. The first-order chi connectivity index (χ1) is 10.2. The van der Waals surface area contributed by atoms with Crippen LogP contribution in [-0.2, 0) is 5.60 Å². The van der Waals surface area contributed by atoms with Crippen LogP contribution < -0.4 is 0 Å². The van der Waals surface area contributed by atoms with Crippen LogP contribution in [0.2, 0.25) is 5.02 Å². The molecule has 1 saturated carbocycles. The number of hydrogen-bond donors (Lipinski definition) is 1. The Hall–Kier alpha value is -1.38. The summed E-state index contributed by atoms with van der Waals surface area (Å²) in [6, 6.07) is 11.4. The fraction of sp³-hybridized carbons (Fsp3) is 0.389. The van der Waals surface area contributed by atoms with E-state index in [2.05, 4.69) is 4.98 Å². The number of halogens is 1. The van der Waals surface area contributed by atoms with Crippen LogP contribution in [0.25, 0.3) is 0 Å². The third kappa shape index (κ3) is 2.70. The van der Waals surface area contributed by atoms with Gasteiger partial charge in [0.2, 0.25) is 0 Å². The van der Waals surface area contributed by atoms with Crippen molar-refractivity contribution < 1.29 is 5.11 Å². The molecule has 1 heterocycles. The summed E-state index contributed by atoms with van der Waals surface area (Å²) < 4.78 is 0. The molecule has 0 saturated heterocycles. The summed E-state index contributed by atoms with van der Waals surface area (Å²) in [5.74, 6) is 0.202. The van der Waals surface area contributed by atoms with E-state index in [-0.39, 0.29) is 5.92 Å². The average molecular weight is 302 g/mol. The van der Waals surface area contributed by atoms with Crippen LogP contribution in [0.15, 0.2) is 48.8 Å². The molecule has 0 amide bonds. The molecule has 0 aliphatic heterocycles. The first-order valence-corrected chi connectivity index (χ1v) is 7.98. The van der Waals surface area contributed by atoms with Crippen LogP contribution in [0.3, 0.4) is 0 Å². The normalized spacial score (nSPS) is 19.1. The fourth-order valence-corrected chi connectivity index (χ4v) is 3.79. The van der Waals surface area contributed by atoms with E-state index in [1.807, 2.05) is 36.4 Å². The van der Waals surface area contributed by atoms with Crippen LogP contribution >= 0.6 is 11.6 Å². The molecule has 1 fully saturated rings. The van der Waals surface area contributed by atoms with E-state index in [1.54, 1.807) is 12.4 Å². The summed E-state index contributed by atoms with van der Waals surface area (Å²) in [6.45, 7) is 0. The van der Waals surface area contributed by atoms with Crippen molar-refractivity contribution in [2.75, 3.05) is 0 Å². The molecule has 1 atom stereocenters. The zero-order chi connectivity index (χ0) is 14.7. The van der Waals surface area contributed by atoms with E-state index in [9.17, 15) is 5.11 Å². The maximum Gasteiger partial charge on any atom is 0.119 e. The highest BCUT2D eigenvalue weighted by molar-refractivity contribution is 6.31. The Morgan fingerprint density at radius 2 is 1.67 bits per heavy atom. The van der Waals surface area contributed by atoms with Crippen molar-refractivity contribution in [3.05, 3.63) is 64.9 Å². The average Bonchev–Trinajstić information content (AvgIpc) is 2.56. The third-order valence-electron chi connectivity index (χ3n) is 4.60. The Labute approximate surface area is 130 Å². The van der Waals surface area contributed by atoms with Crippen LogP contribution in [-0.4, -0.2) is 10.1 Å². The lowest BCUT2D eigenvalue weighted by molar-refractivity contribution is -0.000690. The van der Waals surface area contributed by atoms with Crippen LogP contribution in [0.5, 0.6) is 0 Å². The van der Waals surface area contributed by atoms with Crippen molar-refractivity contribution in [2.24, 2.45) is 5.92 Å². The van der Waals surface area contributed by atoms with Gasteiger partial charge in [-0.05, 0) is 42.5 Å². The lowest BCUT2D eigenvalue weighted by atomic mass is 9.70. The van der Waals surface area contributed by atoms with Crippen molar-refractivity contribution in [2.45, 2.75) is 37.7 Å². The highest BCUT2D eigenvalue weighted by atomic mass is 35.5. The van der Waals surface area contributed by atoms with E-state index in [1.165, 1.54) is 19.3 Å². The molecular formula is C18H20ClNO. The summed E-state index contributed by atoms with van der Waals surface area (Å²) >= 11 is 6.40. The first kappa shape index (κ1) is 14.6. The molecule has 0 bridgehead atoms. The van der Waals surface area contributed by atoms with E-state index >= 15 is 0 Å². The van der Waals surface area contributed by atoms with Crippen molar-refractivity contribution in [3.8, 4) is 0 Å². The number of pyridine rings is 1. The smallest absolute Gasteiger partial charge is 0.119 e. The van der Waals surface area contributed by atoms with E-state index in [0.717, 1.165) is 24.0 Å². The Kier molecular flexibility index (Phi) is 4.27. The lowest BCUT2D eigenvalue weighted by Gasteiger charge is -2.39. The monoisotopic (exact) mass is 301 g/mol. The molecule has 2 nitrogen and oxygen atoms in total. The van der Waals surface area contributed by atoms with Gasteiger partial charge in [0, 0.05) is 23.0 Å². The van der Waals surface area contributed by atoms with Crippen molar-refractivity contribution >= 4 is 11.6 Å². The number of rotatable bonds is 3. The Morgan fingerprint density at radius 3 is 2.33 bits per heavy atom. The molecule has 21 heavy (non-hydrogen) atoms. The van der Waals surface area contributed by atoms with Gasteiger partial charge in [-0.15, -0.1) is 0 Å². The summed E-state index contributed by atoms with van der Waals surface area (Å²) in [6.07, 6.45) is 9.13. The van der Waals surface area contributed by atoms with Gasteiger partial charge in [0.1, 0.15) is 5.60 Å². The highest BCUT2D eigenvalue weighted by Gasteiger charge is 2.41. The third-order valence-corrected chi connectivity index (χ3v) is 4.93. The quantitative estimate of drug-likeness (QED) is 0.902. The number of aliphatic hydroxyl groups is 1. The van der Waals surface area contributed by atoms with Crippen LogP contribution in [0.1, 0.15) is 43.2 Å². The molecule has 110 valence electrons. The Morgan fingerprint density at radius 1 is 1.00 bits per heavy atom. The number of benzene rings is 1. The van der Waals surface area contributed by atoms with Crippen LogP contribution in [0, 0.1) is 5.92 Å². The maximum atomic E-state index is 11.6. The van der Waals surface area contributed by atoms with Gasteiger partial charge in [0.25, 0.3) is 0 Å². The van der Waals surface area contributed by atoms with Gasteiger partial charge in [-0.1, -0.05) is 49.1 Å². The number of nitrogens with zero attached hydrogens (tertiary/aromatic N) is 1. The Bertz CT molecular complexity index is 595. The van der Waals surface area contributed by atoms with Gasteiger partial charge in [-0.3, -0.25) is 4.98 Å². The molecule has 0 radical (unpaired) electrons. The van der Waals surface area contributed by atoms with Crippen molar-refractivity contribution in [1.29, 1.82) is 0 Å². The van der Waals surface area contributed by atoms with Gasteiger partial charge in [-0.25, -0.2) is 0 Å². The molecule has 1 N–H and O–H groups in total. The minimum atomic E-state index is -1.03. The molecule has 1 aromatic heterocycles. The zero-order valence-electron chi connectivity index (χ0n) is 12.0. The molecule has 1 unspecified atom stereocenters.